The number of nitriles is 1. The number of nitrogens with zero attached hydrogens (tertiary/aromatic N) is 1. The van der Waals surface area contributed by atoms with Crippen LogP contribution < -0.4 is 0 Å². The lowest BCUT2D eigenvalue weighted by atomic mass is 10.4. The molecule has 0 rings (SSSR count). The number of carbonyl (C=O) groups is 1. The summed E-state index contributed by atoms with van der Waals surface area (Å²) >= 11 is 0. The second-order valence-corrected chi connectivity index (χ2v) is 1.48. The van der Waals surface area contributed by atoms with Gasteiger partial charge in [-0.15, -0.1) is 0 Å². The highest BCUT2D eigenvalue weighted by Crippen LogP contribution is 1.81. The van der Waals surface area contributed by atoms with Crippen LogP contribution in [0.3, 0.4) is 0 Å². The molecule has 7 heavy (non-hydrogen) atoms. The average Bonchev–Trinajstić information content (AvgIpc) is 1.65. The lowest BCUT2D eigenvalue weighted by Crippen LogP contribution is -1.95. The summed E-state index contributed by atoms with van der Waals surface area (Å²) in [7, 11) is 1.86. The van der Waals surface area contributed by atoms with Crippen LogP contribution in [0, 0.1) is 11.3 Å². The molecule has 0 heterocycles. The van der Waals surface area contributed by atoms with E-state index in [4.69, 9.17) is 5.26 Å². The first-order valence-electron chi connectivity index (χ1n) is 1.57. The number of rotatable bonds is 1. The first-order chi connectivity index (χ1) is 3.18. The van der Waals surface area contributed by atoms with E-state index in [1.807, 2.05) is 10.2 Å². The van der Waals surface area contributed by atoms with Crippen molar-refractivity contribution in [3.05, 3.63) is 12.2 Å². The van der Waals surface area contributed by atoms with E-state index in [1.54, 1.807) is 6.07 Å². The summed E-state index contributed by atoms with van der Waals surface area (Å²) < 4.78 is 0. The average molecular weight is 109 g/mol. The molecule has 0 unspecified atom stereocenters. The molecule has 0 amide bonds. The smallest absolute Gasteiger partial charge is 0.141 e. The molecule has 34 valence electrons. The zero-order chi connectivity index (χ0) is 5.86. The van der Waals surface area contributed by atoms with Gasteiger partial charge in [0.15, 0.2) is 0 Å². The molecule has 2 nitrogen and oxygen atoms in total. The highest BCUT2D eigenvalue weighted by atomic mass is 28.1. The molecule has 0 spiro atoms. The maximum Gasteiger partial charge on any atom is 0.141 e. The maximum absolute atomic E-state index is 10.0. The van der Waals surface area contributed by atoms with Crippen LogP contribution in [0.15, 0.2) is 12.2 Å². The quantitative estimate of drug-likeness (QED) is 0.258. The molecule has 0 aliphatic heterocycles. The summed E-state index contributed by atoms with van der Waals surface area (Å²) in [5, 5.41) is 7.58. The lowest BCUT2D eigenvalue weighted by molar-refractivity contribution is -0.108. The standard InChI is InChI=1S/C4H3NOSi/c1-3(2-5)4(6)7/h7H,1H2. The van der Waals surface area contributed by atoms with Crippen LogP contribution in [-0.2, 0) is 4.79 Å². The van der Waals surface area contributed by atoms with Crippen molar-refractivity contribution in [2.75, 3.05) is 0 Å². The fraction of sp³-hybridized carbons (Fsp3) is 0. The minimum Gasteiger partial charge on any atom is -0.300 e. The van der Waals surface area contributed by atoms with Gasteiger partial charge < -0.3 is 4.79 Å². The van der Waals surface area contributed by atoms with Crippen LogP contribution in [0.5, 0.6) is 0 Å². The monoisotopic (exact) mass is 109 g/mol. The Morgan fingerprint density at radius 1 is 1.86 bits per heavy atom. The zero-order valence-corrected chi connectivity index (χ0v) is 4.79. The van der Waals surface area contributed by atoms with Gasteiger partial charge in [-0.05, 0) is 0 Å². The Labute approximate surface area is 44.9 Å². The topological polar surface area (TPSA) is 40.9 Å². The minimum atomic E-state index is -0.345. The Kier molecular flexibility index (Phi) is 2.03. The molecule has 0 N–H and O–H groups in total. The third-order valence-electron chi connectivity index (χ3n) is 0.432. The molecule has 0 aliphatic rings. The number of carbonyl (C=O) groups excluding carboxylic acids is 1. The highest BCUT2D eigenvalue weighted by molar-refractivity contribution is 6.62. The van der Waals surface area contributed by atoms with Gasteiger partial charge in [0.25, 0.3) is 0 Å². The van der Waals surface area contributed by atoms with Crippen LogP contribution in [0.4, 0.5) is 0 Å². The first-order valence-corrected chi connectivity index (χ1v) is 2.15. The number of hydrogen-bond acceptors (Lipinski definition) is 2. The Balaban J connectivity index is 3.90. The normalized spacial score (nSPS) is 6.86. The van der Waals surface area contributed by atoms with Gasteiger partial charge in [0, 0.05) is 0 Å². The largest absolute Gasteiger partial charge is 0.300 e. The van der Waals surface area contributed by atoms with Gasteiger partial charge in [0.2, 0.25) is 0 Å². The van der Waals surface area contributed by atoms with Gasteiger partial charge in [0.1, 0.15) is 21.7 Å². The Morgan fingerprint density at radius 3 is 2.29 bits per heavy atom. The third kappa shape index (κ3) is 1.90. The molecule has 0 bridgehead atoms. The molecule has 0 saturated carbocycles. The zero-order valence-electron chi connectivity index (χ0n) is 3.64. The second kappa shape index (κ2) is 2.32. The Morgan fingerprint density at radius 2 is 2.29 bits per heavy atom. The van der Waals surface area contributed by atoms with E-state index in [0.29, 0.717) is 0 Å². The molecule has 0 saturated heterocycles. The SMILES string of the molecule is C=C(C#N)C(=O)[SiH]. The molecule has 0 fully saturated rings. The summed E-state index contributed by atoms with van der Waals surface area (Å²) in [4.78, 5) is 10.0. The van der Waals surface area contributed by atoms with Crippen molar-refractivity contribution in [3.8, 4) is 6.07 Å². The molecule has 0 atom stereocenters. The van der Waals surface area contributed by atoms with E-state index < -0.39 is 0 Å². The fourth-order valence-electron chi connectivity index (χ4n) is 0.0551. The van der Waals surface area contributed by atoms with Gasteiger partial charge in [-0.3, -0.25) is 0 Å². The molecular formula is C4H3NOSi. The van der Waals surface area contributed by atoms with Gasteiger partial charge >= 0.3 is 0 Å². The molecule has 0 aromatic rings. The van der Waals surface area contributed by atoms with Crippen LogP contribution >= 0.6 is 0 Å². The van der Waals surface area contributed by atoms with Crippen LogP contribution in [0.1, 0.15) is 0 Å². The number of allylic oxidation sites excluding steroid dienone is 1. The number of hydrogen-bond donors (Lipinski definition) is 0. The van der Waals surface area contributed by atoms with Gasteiger partial charge in [-0.1, -0.05) is 6.58 Å². The lowest BCUT2D eigenvalue weighted by Gasteiger charge is -1.77. The second-order valence-electron chi connectivity index (χ2n) is 0.955. The summed E-state index contributed by atoms with van der Waals surface area (Å²) in [6.45, 7) is 3.14. The summed E-state index contributed by atoms with van der Waals surface area (Å²) in [5.74, 6) is 0. The van der Waals surface area contributed by atoms with Crippen molar-refractivity contribution in [2.24, 2.45) is 0 Å². The predicted molar refractivity (Wildman–Crippen MR) is 26.9 cm³/mol. The highest BCUT2D eigenvalue weighted by Gasteiger charge is 1.93. The Hall–Kier alpha value is -0.883. The molecular weight excluding hydrogens is 106 g/mol. The maximum atomic E-state index is 10.0. The van der Waals surface area contributed by atoms with Crippen molar-refractivity contribution in [2.45, 2.75) is 0 Å². The van der Waals surface area contributed by atoms with Crippen molar-refractivity contribution >= 4 is 15.6 Å². The van der Waals surface area contributed by atoms with Crippen LogP contribution in [-0.4, -0.2) is 15.6 Å². The predicted octanol–water partition coefficient (Wildman–Crippen LogP) is -0.506. The molecule has 0 aliphatic carbocycles. The summed E-state index contributed by atoms with van der Waals surface area (Å²) in [6.07, 6.45) is 0. The van der Waals surface area contributed by atoms with Crippen molar-refractivity contribution in [1.82, 2.24) is 0 Å². The van der Waals surface area contributed by atoms with E-state index in [1.165, 1.54) is 0 Å². The Bertz CT molecular complexity index is 144. The van der Waals surface area contributed by atoms with Gasteiger partial charge in [-0.25, -0.2) is 0 Å². The molecule has 0 aromatic carbocycles. The van der Waals surface area contributed by atoms with Crippen molar-refractivity contribution in [3.63, 3.8) is 0 Å². The van der Waals surface area contributed by atoms with E-state index in [2.05, 4.69) is 6.58 Å². The summed E-state index contributed by atoms with van der Waals surface area (Å²) in [6, 6.07) is 1.60. The van der Waals surface area contributed by atoms with Crippen LogP contribution in [0.25, 0.3) is 0 Å². The van der Waals surface area contributed by atoms with E-state index in [9.17, 15) is 4.79 Å². The minimum absolute atomic E-state index is 0.0231. The molecule has 0 aromatic heterocycles. The van der Waals surface area contributed by atoms with Crippen molar-refractivity contribution < 1.29 is 4.79 Å². The van der Waals surface area contributed by atoms with E-state index in [0.717, 1.165) is 0 Å². The van der Waals surface area contributed by atoms with Gasteiger partial charge in [0.05, 0.1) is 5.57 Å². The van der Waals surface area contributed by atoms with E-state index >= 15 is 0 Å². The first kappa shape index (κ1) is 6.12. The molecule has 3 heteroatoms. The van der Waals surface area contributed by atoms with E-state index in [-0.39, 0.29) is 11.0 Å². The van der Waals surface area contributed by atoms with Gasteiger partial charge in [-0.2, -0.15) is 5.26 Å². The molecule has 2 radical (unpaired) electrons. The van der Waals surface area contributed by atoms with Crippen molar-refractivity contribution in [1.29, 1.82) is 5.26 Å². The fourth-order valence-corrected chi connectivity index (χ4v) is 0.120. The summed E-state index contributed by atoms with van der Waals surface area (Å²) in [5.41, 5.74) is -0.0231. The third-order valence-corrected chi connectivity index (χ3v) is 0.781. The van der Waals surface area contributed by atoms with Crippen LogP contribution in [0.2, 0.25) is 0 Å².